The Kier molecular flexibility index (Phi) is 26.5. The topological polar surface area (TPSA) is 152 Å². The van der Waals surface area contributed by atoms with E-state index in [0.29, 0.717) is 0 Å². The van der Waals surface area contributed by atoms with Gasteiger partial charge in [0.2, 0.25) is 0 Å². The quantitative estimate of drug-likeness (QED) is 0.382. The van der Waals surface area contributed by atoms with Crippen LogP contribution in [0.5, 0.6) is 0 Å². The fraction of sp³-hybridized carbons (Fsp3) is 1.00. The van der Waals surface area contributed by atoms with Gasteiger partial charge >= 0.3 is 118 Å². The molecule has 92 valence electrons. The van der Waals surface area contributed by atoms with E-state index in [1.807, 2.05) is 0 Å². The predicted octanol–water partition coefficient (Wildman–Crippen LogP) is -14.5. The van der Waals surface area contributed by atoms with E-state index in [-0.39, 0.29) is 124 Å². The first-order chi connectivity index (χ1) is 6.46. The Labute approximate surface area is 202 Å². The van der Waals surface area contributed by atoms with Crippen molar-refractivity contribution in [1.82, 2.24) is 0 Å². The van der Waals surface area contributed by atoms with Gasteiger partial charge in [-0.05, 0) is 12.3 Å². The molecule has 1 atom stereocenters. The van der Waals surface area contributed by atoms with E-state index in [0.717, 1.165) is 0 Å². The van der Waals surface area contributed by atoms with Gasteiger partial charge in [0.05, 0.1) is 0 Å². The maximum Gasteiger partial charge on any atom is 1.00 e. The van der Waals surface area contributed by atoms with Crippen LogP contribution in [0.3, 0.4) is 0 Å². The summed E-state index contributed by atoms with van der Waals surface area (Å²) in [6.45, 7) is 3.26. The second-order valence-corrected chi connectivity index (χ2v) is 7.52. The Hall–Kier alpha value is 4.26. The van der Waals surface area contributed by atoms with Gasteiger partial charge in [-0.25, -0.2) is 0 Å². The maximum atomic E-state index is 10.6. The second kappa shape index (κ2) is 14.6. The molecule has 19 heavy (non-hydrogen) atoms. The molecule has 0 aromatic carbocycles. The molecule has 0 spiro atoms. The number of hydrogen-bond acceptors (Lipinski definition) is 7. The van der Waals surface area contributed by atoms with Crippen LogP contribution >= 0.6 is 15.2 Å². The molecule has 0 aliphatic rings. The molecule has 2 N–H and O–H groups in total. The Morgan fingerprint density at radius 1 is 0.895 bits per heavy atom. The fourth-order valence-corrected chi connectivity index (χ4v) is 3.34. The van der Waals surface area contributed by atoms with Crippen LogP contribution in [0, 0.1) is 5.92 Å². The molecule has 7 nitrogen and oxygen atoms in total. The van der Waals surface area contributed by atoms with Crippen molar-refractivity contribution in [2.75, 3.05) is 0 Å². The molecule has 0 aromatic heterocycles. The van der Waals surface area contributed by atoms with Crippen LogP contribution in [-0.4, -0.2) is 11.4 Å². The molecule has 0 aliphatic carbocycles. The van der Waals surface area contributed by atoms with Gasteiger partial charge in [-0.3, -0.25) is 0 Å². The molecule has 0 fully saturated rings. The molecular weight excluding hydrogens is 336 g/mol. The minimum atomic E-state index is -5.46. The van der Waals surface area contributed by atoms with Crippen molar-refractivity contribution in [3.63, 3.8) is 0 Å². The predicted molar refractivity (Wildman–Crippen MR) is 46.4 cm³/mol. The van der Waals surface area contributed by atoms with E-state index in [9.17, 15) is 28.7 Å². The summed E-state index contributed by atoms with van der Waals surface area (Å²) >= 11 is 0. The zero-order valence-electron chi connectivity index (χ0n) is 12.4. The molecular formula is C6H13NNa4O6P2. The first-order valence-electron chi connectivity index (χ1n) is 4.25. The van der Waals surface area contributed by atoms with E-state index in [4.69, 9.17) is 5.73 Å². The van der Waals surface area contributed by atoms with Gasteiger partial charge in [-0.15, -0.1) is 0 Å². The van der Waals surface area contributed by atoms with Crippen LogP contribution in [0.4, 0.5) is 0 Å². The zero-order valence-corrected chi connectivity index (χ0v) is 22.1. The van der Waals surface area contributed by atoms with Crippen LogP contribution in [0.15, 0.2) is 0 Å². The van der Waals surface area contributed by atoms with E-state index in [1.54, 1.807) is 13.8 Å². The molecule has 0 bridgehead atoms. The summed E-state index contributed by atoms with van der Waals surface area (Å²) in [5, 5.41) is -2.44. The van der Waals surface area contributed by atoms with E-state index < -0.39 is 33.1 Å². The van der Waals surface area contributed by atoms with Crippen molar-refractivity contribution in [2.45, 2.75) is 31.7 Å². The summed E-state index contributed by atoms with van der Waals surface area (Å²) in [7, 11) is -10.9. The second-order valence-electron chi connectivity index (χ2n) is 3.70. The molecule has 0 aliphatic heterocycles. The van der Waals surface area contributed by atoms with Crippen LogP contribution in [0.1, 0.15) is 20.3 Å². The maximum absolute atomic E-state index is 10.6. The Balaban J connectivity index is -0.000000163. The minimum Gasteiger partial charge on any atom is -0.810 e. The Morgan fingerprint density at radius 3 is 1.32 bits per heavy atom. The van der Waals surface area contributed by atoms with E-state index in [1.165, 1.54) is 0 Å². The number of hydrogen-bond donors (Lipinski definition) is 1. The van der Waals surface area contributed by atoms with Gasteiger partial charge in [0.15, 0.2) is 0 Å². The van der Waals surface area contributed by atoms with Crippen LogP contribution in [0.2, 0.25) is 0 Å². The third-order valence-corrected chi connectivity index (χ3v) is 5.65. The smallest absolute Gasteiger partial charge is 0.810 e. The monoisotopic (exact) mass is 349 g/mol. The molecule has 0 radical (unpaired) electrons. The summed E-state index contributed by atoms with van der Waals surface area (Å²) in [4.78, 5) is 42.3. The average Bonchev–Trinajstić information content (AvgIpc) is 1.94. The zero-order chi connectivity index (χ0) is 12.4. The molecule has 0 aromatic rings. The third-order valence-electron chi connectivity index (χ3n) is 2.07. The standard InChI is InChI=1S/C6H17NO6P2.4Na/c1-4(2)5(7)3-6(14(8,9)10)15(11,12)13;;;;/h4-6H,3,7H2,1-2H3,(H2,8,9,10)(H2,11,12,13);;;;/q;4*+1/p-4. The van der Waals surface area contributed by atoms with Crippen LogP contribution in [0.25, 0.3) is 0 Å². The average molecular weight is 349 g/mol. The summed E-state index contributed by atoms with van der Waals surface area (Å²) < 4.78 is 21.2. The van der Waals surface area contributed by atoms with Crippen molar-refractivity contribution in [3.8, 4) is 0 Å². The SMILES string of the molecule is CC(C)C(N)CC(P(=O)([O-])[O-])P(=O)([O-])[O-].[Na+].[Na+].[Na+].[Na+]. The summed E-state index contributed by atoms with van der Waals surface area (Å²) in [6, 6.07) is -0.817. The van der Waals surface area contributed by atoms with Crippen molar-refractivity contribution < 1.29 is 147 Å². The summed E-state index contributed by atoms with van der Waals surface area (Å²) in [6.07, 6.45) is -0.647. The van der Waals surface area contributed by atoms with Gasteiger partial charge in [0.25, 0.3) is 0 Å². The molecule has 0 rings (SSSR count). The Morgan fingerprint density at radius 2 is 1.16 bits per heavy atom. The first-order valence-corrected chi connectivity index (χ1v) is 7.47. The van der Waals surface area contributed by atoms with Crippen molar-refractivity contribution >= 4 is 15.2 Å². The summed E-state index contributed by atoms with van der Waals surface area (Å²) in [5.41, 5.74) is 5.41. The van der Waals surface area contributed by atoms with Gasteiger partial charge in [0.1, 0.15) is 0 Å². The largest absolute Gasteiger partial charge is 1.00 e. The van der Waals surface area contributed by atoms with Gasteiger partial charge in [-0.1, -0.05) is 29.0 Å². The third kappa shape index (κ3) is 15.5. The summed E-state index contributed by atoms with van der Waals surface area (Å²) in [5.74, 6) is -0.217. The fourth-order valence-electron chi connectivity index (χ4n) is 0.947. The molecule has 0 saturated carbocycles. The Bertz CT molecular complexity index is 286. The van der Waals surface area contributed by atoms with Crippen molar-refractivity contribution in [3.05, 3.63) is 0 Å². The van der Waals surface area contributed by atoms with Gasteiger partial charge in [-0.2, -0.15) is 0 Å². The molecule has 0 saturated heterocycles. The molecule has 13 heteroatoms. The van der Waals surface area contributed by atoms with Crippen molar-refractivity contribution in [2.24, 2.45) is 11.7 Å². The normalized spacial score (nSPS) is 12.7. The first kappa shape index (κ1) is 34.6. The van der Waals surface area contributed by atoms with Gasteiger partial charge in [0, 0.05) is 11.4 Å². The minimum absolute atomic E-state index is 0. The molecule has 1 unspecified atom stereocenters. The number of rotatable bonds is 5. The van der Waals surface area contributed by atoms with Gasteiger partial charge < -0.3 is 34.4 Å². The van der Waals surface area contributed by atoms with Crippen molar-refractivity contribution in [1.29, 1.82) is 0 Å². The van der Waals surface area contributed by atoms with Crippen LogP contribution < -0.4 is 144 Å². The number of nitrogens with two attached hydrogens (primary N) is 1. The molecule has 0 amide bonds. The van der Waals surface area contributed by atoms with E-state index in [2.05, 4.69) is 0 Å². The molecule has 0 heterocycles. The van der Waals surface area contributed by atoms with Crippen LogP contribution in [-0.2, 0) is 9.13 Å². The van der Waals surface area contributed by atoms with E-state index >= 15 is 0 Å².